The summed E-state index contributed by atoms with van der Waals surface area (Å²) in [4.78, 5) is 24.1. The first-order valence-electron chi connectivity index (χ1n) is 5.51. The number of nitrogens with one attached hydrogen (secondary N) is 1. The smallest absolute Gasteiger partial charge is 0.410 e. The molecule has 0 spiro atoms. The molecule has 1 aliphatic heterocycles. The predicted octanol–water partition coefficient (Wildman–Crippen LogP) is 1.30. The normalized spacial score (nSPS) is 16.8. The molecule has 0 aliphatic carbocycles. The first-order chi connectivity index (χ1) is 7.85. The van der Waals surface area contributed by atoms with Gasteiger partial charge in [-0.3, -0.25) is 4.79 Å². The van der Waals surface area contributed by atoms with E-state index in [4.69, 9.17) is 9.26 Å². The number of hydrogen-bond acceptors (Lipinski definition) is 4. The Morgan fingerprint density at radius 1 is 1.53 bits per heavy atom. The molecule has 0 bridgehead atoms. The molecule has 17 heavy (non-hydrogen) atoms. The van der Waals surface area contributed by atoms with Crippen LogP contribution in [0.5, 0.6) is 0 Å². The summed E-state index contributed by atoms with van der Waals surface area (Å²) in [6.07, 6.45) is -0.327. The summed E-state index contributed by atoms with van der Waals surface area (Å²) in [5, 5.41) is 2.23. The van der Waals surface area contributed by atoms with Crippen molar-refractivity contribution in [2.45, 2.75) is 32.3 Å². The van der Waals surface area contributed by atoms with Crippen molar-refractivity contribution in [2.75, 3.05) is 13.1 Å². The molecular weight excluding hydrogens is 224 g/mol. The van der Waals surface area contributed by atoms with Crippen LogP contribution in [0.1, 0.15) is 32.4 Å². The summed E-state index contributed by atoms with van der Waals surface area (Å²) in [6.45, 7) is 6.53. The number of aromatic amines is 1. The van der Waals surface area contributed by atoms with Crippen molar-refractivity contribution in [1.29, 1.82) is 0 Å². The van der Waals surface area contributed by atoms with Gasteiger partial charge in [-0.1, -0.05) is 0 Å². The highest BCUT2D eigenvalue weighted by molar-refractivity contribution is 5.69. The van der Waals surface area contributed by atoms with E-state index in [1.54, 1.807) is 4.90 Å². The average Bonchev–Trinajstić information content (AvgIpc) is 2.45. The topological polar surface area (TPSA) is 75.5 Å². The highest BCUT2D eigenvalue weighted by Gasteiger charge is 2.36. The van der Waals surface area contributed by atoms with Gasteiger partial charge in [0.05, 0.1) is 5.92 Å². The Morgan fingerprint density at radius 2 is 2.18 bits per heavy atom. The highest BCUT2D eigenvalue weighted by Crippen LogP contribution is 2.27. The van der Waals surface area contributed by atoms with E-state index in [0.29, 0.717) is 18.8 Å². The second kappa shape index (κ2) is 3.94. The van der Waals surface area contributed by atoms with Gasteiger partial charge in [0.25, 0.3) is 5.56 Å². The van der Waals surface area contributed by atoms with Gasteiger partial charge < -0.3 is 14.2 Å². The van der Waals surface area contributed by atoms with Crippen molar-refractivity contribution in [3.05, 3.63) is 22.2 Å². The zero-order valence-electron chi connectivity index (χ0n) is 10.1. The minimum atomic E-state index is -0.483. The molecular formula is C11H16N2O4. The van der Waals surface area contributed by atoms with E-state index in [1.165, 1.54) is 6.07 Å². The van der Waals surface area contributed by atoms with Crippen LogP contribution in [0.3, 0.4) is 0 Å². The Bertz CT molecular complexity index is 462. The largest absolute Gasteiger partial charge is 0.444 e. The summed E-state index contributed by atoms with van der Waals surface area (Å²) in [5.74, 6) is 0.677. The SMILES string of the molecule is CC(C)(C)OC(=O)N1CC(c2cc(=O)[nH]o2)C1. The summed E-state index contributed by atoms with van der Waals surface area (Å²) in [7, 11) is 0. The Hall–Kier alpha value is -1.72. The summed E-state index contributed by atoms with van der Waals surface area (Å²) < 4.78 is 10.2. The van der Waals surface area contributed by atoms with Gasteiger partial charge in [0, 0.05) is 19.2 Å². The Balaban J connectivity index is 1.87. The molecule has 1 fully saturated rings. The summed E-state index contributed by atoms with van der Waals surface area (Å²) in [6, 6.07) is 1.41. The average molecular weight is 240 g/mol. The van der Waals surface area contributed by atoms with Gasteiger partial charge in [-0.2, -0.15) is 5.16 Å². The maximum atomic E-state index is 11.6. The minimum Gasteiger partial charge on any atom is -0.444 e. The lowest BCUT2D eigenvalue weighted by Gasteiger charge is -2.38. The fraction of sp³-hybridized carbons (Fsp3) is 0.636. The number of rotatable bonds is 1. The number of aromatic nitrogens is 1. The van der Waals surface area contributed by atoms with Crippen molar-refractivity contribution in [3.63, 3.8) is 0 Å². The highest BCUT2D eigenvalue weighted by atomic mass is 16.6. The minimum absolute atomic E-state index is 0.0847. The van der Waals surface area contributed by atoms with Crippen molar-refractivity contribution < 1.29 is 14.1 Å². The predicted molar refractivity (Wildman–Crippen MR) is 59.9 cm³/mol. The van der Waals surface area contributed by atoms with E-state index < -0.39 is 5.60 Å². The van der Waals surface area contributed by atoms with Crippen LogP contribution in [0.2, 0.25) is 0 Å². The molecule has 1 aromatic heterocycles. The molecule has 0 aromatic carbocycles. The number of ether oxygens (including phenoxy) is 1. The molecule has 6 heteroatoms. The van der Waals surface area contributed by atoms with Crippen LogP contribution in [-0.2, 0) is 4.74 Å². The Labute approximate surface area is 98.5 Å². The van der Waals surface area contributed by atoms with Gasteiger partial charge in [-0.05, 0) is 20.8 Å². The first-order valence-corrected chi connectivity index (χ1v) is 5.51. The zero-order chi connectivity index (χ0) is 12.6. The van der Waals surface area contributed by atoms with Crippen LogP contribution >= 0.6 is 0 Å². The molecule has 2 rings (SSSR count). The van der Waals surface area contributed by atoms with E-state index in [0.717, 1.165) is 0 Å². The van der Waals surface area contributed by atoms with Crippen LogP contribution in [0, 0.1) is 0 Å². The molecule has 0 atom stereocenters. The van der Waals surface area contributed by atoms with Gasteiger partial charge in [0.2, 0.25) is 0 Å². The van der Waals surface area contributed by atoms with Gasteiger partial charge >= 0.3 is 6.09 Å². The lowest BCUT2D eigenvalue weighted by Crippen LogP contribution is -2.50. The molecule has 2 heterocycles. The number of nitrogens with zero attached hydrogens (tertiary/aromatic N) is 1. The van der Waals surface area contributed by atoms with Crippen LogP contribution in [0.25, 0.3) is 0 Å². The monoisotopic (exact) mass is 240 g/mol. The van der Waals surface area contributed by atoms with Gasteiger partial charge in [0.15, 0.2) is 0 Å². The number of amides is 1. The van der Waals surface area contributed by atoms with Gasteiger partial charge in [-0.15, -0.1) is 0 Å². The Kier molecular flexibility index (Phi) is 2.73. The molecule has 1 aliphatic rings. The number of carbonyl (C=O) groups excluding carboxylic acids is 1. The molecule has 0 unspecified atom stereocenters. The summed E-state index contributed by atoms with van der Waals surface area (Å²) >= 11 is 0. The molecule has 0 radical (unpaired) electrons. The standard InChI is InChI=1S/C11H16N2O4/c1-11(2,3)16-10(15)13-5-7(6-13)8-4-9(14)12-17-8/h4,7H,5-6H2,1-3H3,(H,12,14). The van der Waals surface area contributed by atoms with Crippen LogP contribution in [-0.4, -0.2) is 34.8 Å². The number of hydrogen-bond donors (Lipinski definition) is 1. The second-order valence-corrected chi connectivity index (χ2v) is 5.20. The molecule has 0 saturated carbocycles. The third-order valence-corrected chi connectivity index (χ3v) is 2.48. The molecule has 1 aromatic rings. The van der Waals surface area contributed by atoms with Crippen molar-refractivity contribution in [2.24, 2.45) is 0 Å². The van der Waals surface area contributed by atoms with E-state index in [-0.39, 0.29) is 17.6 Å². The lowest BCUT2D eigenvalue weighted by molar-refractivity contribution is 0.00605. The van der Waals surface area contributed by atoms with E-state index in [1.807, 2.05) is 20.8 Å². The van der Waals surface area contributed by atoms with Gasteiger partial charge in [0.1, 0.15) is 11.4 Å². The first kappa shape index (κ1) is 11.8. The van der Waals surface area contributed by atoms with Crippen LogP contribution in [0.4, 0.5) is 4.79 Å². The third-order valence-electron chi connectivity index (χ3n) is 2.48. The zero-order valence-corrected chi connectivity index (χ0v) is 10.1. The molecule has 6 nitrogen and oxygen atoms in total. The summed E-state index contributed by atoms with van der Waals surface area (Å²) in [5.41, 5.74) is -0.737. The second-order valence-electron chi connectivity index (χ2n) is 5.20. The molecule has 94 valence electrons. The van der Waals surface area contributed by atoms with Crippen molar-refractivity contribution in [1.82, 2.24) is 10.1 Å². The maximum absolute atomic E-state index is 11.6. The van der Waals surface area contributed by atoms with Gasteiger partial charge in [-0.25, -0.2) is 4.79 Å². The fourth-order valence-electron chi connectivity index (χ4n) is 1.63. The Morgan fingerprint density at radius 3 is 2.65 bits per heavy atom. The number of H-pyrrole nitrogens is 1. The van der Waals surface area contributed by atoms with E-state index >= 15 is 0 Å². The van der Waals surface area contributed by atoms with Crippen LogP contribution < -0.4 is 5.56 Å². The molecule has 1 N–H and O–H groups in total. The quantitative estimate of drug-likeness (QED) is 0.802. The van der Waals surface area contributed by atoms with Crippen LogP contribution in [0.15, 0.2) is 15.4 Å². The van der Waals surface area contributed by atoms with Crippen molar-refractivity contribution >= 4 is 6.09 Å². The number of carbonyl (C=O) groups is 1. The molecule has 1 amide bonds. The molecule has 1 saturated heterocycles. The third kappa shape index (κ3) is 2.69. The lowest BCUT2D eigenvalue weighted by atomic mass is 9.98. The maximum Gasteiger partial charge on any atom is 0.410 e. The van der Waals surface area contributed by atoms with E-state index in [2.05, 4.69) is 5.16 Å². The number of likely N-dealkylation sites (tertiary alicyclic amines) is 1. The van der Waals surface area contributed by atoms with E-state index in [9.17, 15) is 9.59 Å². The fourth-order valence-corrected chi connectivity index (χ4v) is 1.63. The van der Waals surface area contributed by atoms with Crippen molar-refractivity contribution in [3.8, 4) is 0 Å².